The standard InChI is InChI=1S/C52H68ClN13O3/c1-6-38-34-59-66-43(28-44(60-46(38)66)64-18-8-7-9-19-64)55-30-37-11-14-45(56-31-37)68-26-10-17-62-22-24-63(25-23-62)35-36-15-20-65(21-16-36)50-57-32-40(33-58-50)47(67)61-48-51(2,3)49(52(48,4)5)69-41-13-12-39(29-54)42(53)27-41/h11-14,27-28,31-34,36,48-49,55H,6-10,15-26,30,35H2,1-5H3,(H,61,67)/t48-,49-. The lowest BCUT2D eigenvalue weighted by Gasteiger charge is -2.63. The minimum absolute atomic E-state index is 0.150. The first-order valence-electron chi connectivity index (χ1n) is 25.0. The van der Waals surface area contributed by atoms with E-state index in [1.165, 1.54) is 19.3 Å². The van der Waals surface area contributed by atoms with Crippen LogP contribution in [0.2, 0.25) is 5.02 Å². The van der Waals surface area contributed by atoms with Gasteiger partial charge in [-0.15, -0.1) is 0 Å². The highest BCUT2D eigenvalue weighted by molar-refractivity contribution is 6.31. The molecule has 1 aromatic carbocycles. The molecule has 3 saturated heterocycles. The third kappa shape index (κ3) is 10.9. The minimum atomic E-state index is -0.365. The Labute approximate surface area is 411 Å². The van der Waals surface area contributed by atoms with Crippen molar-refractivity contribution in [3.63, 3.8) is 0 Å². The predicted octanol–water partition coefficient (Wildman–Crippen LogP) is 7.52. The molecule has 2 N–H and O–H groups in total. The number of ether oxygens (including phenoxy) is 2. The maximum atomic E-state index is 13.5. The first-order valence-corrected chi connectivity index (χ1v) is 25.4. The molecule has 4 aliphatic rings. The van der Waals surface area contributed by atoms with Crippen molar-refractivity contribution >= 4 is 40.7 Å². The summed E-state index contributed by atoms with van der Waals surface area (Å²) in [5, 5.41) is 21.1. The van der Waals surface area contributed by atoms with Crippen molar-refractivity contribution in [2.75, 3.05) is 87.2 Å². The number of aromatic nitrogens is 6. The number of halogens is 1. The van der Waals surface area contributed by atoms with Gasteiger partial charge >= 0.3 is 0 Å². The van der Waals surface area contributed by atoms with E-state index in [1.54, 1.807) is 30.6 Å². The Morgan fingerprint density at radius 1 is 0.870 bits per heavy atom. The van der Waals surface area contributed by atoms with Crippen molar-refractivity contribution in [1.29, 1.82) is 5.26 Å². The zero-order valence-corrected chi connectivity index (χ0v) is 41.7. The number of fused-ring (bicyclic) bond motifs is 1. The van der Waals surface area contributed by atoms with E-state index in [1.807, 2.05) is 23.0 Å². The van der Waals surface area contributed by atoms with Crippen molar-refractivity contribution in [2.24, 2.45) is 16.7 Å². The van der Waals surface area contributed by atoms with Crippen LogP contribution in [0.15, 0.2) is 61.2 Å². The van der Waals surface area contributed by atoms with E-state index in [2.05, 4.69) is 103 Å². The lowest BCUT2D eigenvalue weighted by molar-refractivity contribution is -0.164. The van der Waals surface area contributed by atoms with Gasteiger partial charge in [-0.2, -0.15) is 14.9 Å². The Hall–Kier alpha value is -5.76. The largest absolute Gasteiger partial charge is 0.489 e. The molecule has 4 aromatic heterocycles. The Bertz CT molecular complexity index is 2560. The molecule has 0 bridgehead atoms. The van der Waals surface area contributed by atoms with E-state index < -0.39 is 0 Å². The van der Waals surface area contributed by atoms with Gasteiger partial charge < -0.3 is 39.7 Å². The number of pyridine rings is 1. The Kier molecular flexibility index (Phi) is 14.7. The molecule has 5 aromatic rings. The second-order valence-corrected chi connectivity index (χ2v) is 20.9. The van der Waals surface area contributed by atoms with Crippen LogP contribution in [0.3, 0.4) is 0 Å². The van der Waals surface area contributed by atoms with Gasteiger partial charge in [0.15, 0.2) is 5.65 Å². The van der Waals surface area contributed by atoms with Gasteiger partial charge in [-0.3, -0.25) is 4.79 Å². The fraction of sp³-hybridized carbons (Fsp3) is 0.558. The highest BCUT2D eigenvalue weighted by atomic mass is 35.5. The number of aryl methyl sites for hydroxylation is 1. The molecule has 3 aliphatic heterocycles. The molecule has 1 saturated carbocycles. The lowest BCUT2D eigenvalue weighted by atomic mass is 9.49. The van der Waals surface area contributed by atoms with Gasteiger partial charge in [-0.05, 0) is 68.6 Å². The highest BCUT2D eigenvalue weighted by Crippen LogP contribution is 2.55. The number of nitriles is 1. The smallest absolute Gasteiger partial charge is 0.254 e. The molecule has 0 spiro atoms. The fourth-order valence-corrected chi connectivity index (χ4v) is 11.4. The van der Waals surface area contributed by atoms with Crippen LogP contribution in [0.25, 0.3) is 5.65 Å². The number of piperidine rings is 2. The Morgan fingerprint density at radius 3 is 2.29 bits per heavy atom. The number of carbonyl (C=O) groups is 1. The molecule has 17 heteroatoms. The summed E-state index contributed by atoms with van der Waals surface area (Å²) in [5.41, 5.74) is 3.28. The molecule has 0 atom stereocenters. The molecule has 1 aliphatic carbocycles. The number of amides is 1. The minimum Gasteiger partial charge on any atom is -0.489 e. The maximum Gasteiger partial charge on any atom is 0.254 e. The number of benzene rings is 1. The number of hydrogen-bond acceptors (Lipinski definition) is 14. The van der Waals surface area contributed by atoms with E-state index in [4.69, 9.17) is 26.1 Å². The van der Waals surface area contributed by atoms with Crippen LogP contribution in [0, 0.1) is 28.1 Å². The lowest BCUT2D eigenvalue weighted by Crippen LogP contribution is -2.74. The van der Waals surface area contributed by atoms with Gasteiger partial charge in [0.2, 0.25) is 11.8 Å². The number of nitrogens with zero attached hydrogens (tertiary/aromatic N) is 11. The van der Waals surface area contributed by atoms with Crippen LogP contribution in [0.4, 0.5) is 17.6 Å². The van der Waals surface area contributed by atoms with E-state index >= 15 is 0 Å². The Morgan fingerprint density at radius 2 is 1.61 bits per heavy atom. The number of rotatable bonds is 17. The zero-order chi connectivity index (χ0) is 48.1. The van der Waals surface area contributed by atoms with Gasteiger partial charge in [-0.25, -0.2) is 19.9 Å². The second kappa shape index (κ2) is 21.1. The quantitative estimate of drug-likeness (QED) is 0.0880. The van der Waals surface area contributed by atoms with Gasteiger partial charge in [0.05, 0.1) is 29.0 Å². The molecular formula is C52H68ClN13O3. The van der Waals surface area contributed by atoms with Crippen molar-refractivity contribution in [3.05, 3.63) is 88.5 Å². The molecule has 16 nitrogen and oxygen atoms in total. The molecule has 1 amide bonds. The van der Waals surface area contributed by atoms with Crippen LogP contribution in [-0.2, 0) is 13.0 Å². The van der Waals surface area contributed by atoms with Crippen LogP contribution >= 0.6 is 11.6 Å². The summed E-state index contributed by atoms with van der Waals surface area (Å²) in [7, 11) is 0. The number of anilines is 3. The van der Waals surface area contributed by atoms with Crippen molar-refractivity contribution < 1.29 is 14.3 Å². The zero-order valence-electron chi connectivity index (χ0n) is 41.0. The summed E-state index contributed by atoms with van der Waals surface area (Å²) < 4.78 is 14.4. The fourth-order valence-electron chi connectivity index (χ4n) is 11.2. The first-order chi connectivity index (χ1) is 33.4. The first kappa shape index (κ1) is 48.3. The summed E-state index contributed by atoms with van der Waals surface area (Å²) in [4.78, 5) is 42.2. The van der Waals surface area contributed by atoms with E-state index in [0.29, 0.717) is 52.8 Å². The van der Waals surface area contributed by atoms with Crippen LogP contribution in [0.5, 0.6) is 11.6 Å². The molecule has 9 rings (SSSR count). The van der Waals surface area contributed by atoms with Crippen molar-refractivity contribution in [2.45, 2.75) is 98.3 Å². The van der Waals surface area contributed by atoms with Gasteiger partial charge in [0.1, 0.15) is 29.6 Å². The molecule has 0 unspecified atom stereocenters. The van der Waals surface area contributed by atoms with Gasteiger partial charge in [0.25, 0.3) is 5.91 Å². The molecule has 7 heterocycles. The van der Waals surface area contributed by atoms with Crippen molar-refractivity contribution in [1.82, 2.24) is 44.7 Å². The van der Waals surface area contributed by atoms with Gasteiger partial charge in [0, 0.05) is 131 Å². The highest BCUT2D eigenvalue weighted by Gasteiger charge is 2.64. The summed E-state index contributed by atoms with van der Waals surface area (Å²) in [6.07, 6.45) is 14.7. The molecule has 69 heavy (non-hydrogen) atoms. The van der Waals surface area contributed by atoms with Crippen LogP contribution in [0.1, 0.15) is 100 Å². The average Bonchev–Trinajstić information content (AvgIpc) is 3.80. The SMILES string of the molecule is CCc1cnn2c(NCc3ccc(OCCCN4CCN(CC5CCN(c6ncc(C(=O)N[C@H]7C(C)(C)[C@H](Oc8ccc(C#N)c(Cl)c8)C7(C)C)cn6)CC5)CC4)nc3)cc(N3CCCCC3)nc12. The van der Waals surface area contributed by atoms with E-state index in [9.17, 15) is 10.1 Å². The third-order valence-corrected chi connectivity index (χ3v) is 15.3. The summed E-state index contributed by atoms with van der Waals surface area (Å²) in [6.45, 7) is 22.2. The number of carbonyl (C=O) groups excluding carboxylic acids is 1. The molecular weight excluding hydrogens is 890 g/mol. The molecule has 366 valence electrons. The Balaban J connectivity index is 0.653. The average molecular weight is 959 g/mol. The van der Waals surface area contributed by atoms with E-state index in [-0.39, 0.29) is 28.9 Å². The number of nitrogens with one attached hydrogen (secondary N) is 2. The number of piperazine rings is 1. The number of hydrogen-bond donors (Lipinski definition) is 2. The monoisotopic (exact) mass is 958 g/mol. The third-order valence-electron chi connectivity index (χ3n) is 14.9. The summed E-state index contributed by atoms with van der Waals surface area (Å²) >= 11 is 6.27. The maximum absolute atomic E-state index is 13.5. The normalized spacial score (nSPS) is 20.8. The van der Waals surface area contributed by atoms with Gasteiger partial charge in [-0.1, -0.05) is 52.3 Å². The van der Waals surface area contributed by atoms with Crippen LogP contribution < -0.4 is 29.9 Å². The van der Waals surface area contributed by atoms with E-state index in [0.717, 1.165) is 120 Å². The summed E-state index contributed by atoms with van der Waals surface area (Å²) in [5.74, 6) is 4.34. The second-order valence-electron chi connectivity index (χ2n) is 20.5. The topological polar surface area (TPSA) is 165 Å². The van der Waals surface area contributed by atoms with Crippen molar-refractivity contribution in [3.8, 4) is 17.7 Å². The molecule has 4 fully saturated rings. The summed E-state index contributed by atoms with van der Waals surface area (Å²) in [6, 6.07) is 13.2. The van der Waals surface area contributed by atoms with Crippen LogP contribution in [-0.4, -0.2) is 129 Å². The predicted molar refractivity (Wildman–Crippen MR) is 269 cm³/mol. The molecule has 0 radical (unpaired) electrons.